The zero-order valence-electron chi connectivity index (χ0n) is 18.7. The number of rotatable bonds is 5. The van der Waals surface area contributed by atoms with E-state index >= 15 is 0 Å². The Labute approximate surface area is 187 Å². The lowest BCUT2D eigenvalue weighted by Crippen LogP contribution is -2.28. The van der Waals surface area contributed by atoms with Crippen molar-refractivity contribution in [3.63, 3.8) is 0 Å². The minimum atomic E-state index is -0.267. The van der Waals surface area contributed by atoms with Crippen LogP contribution in [0.4, 0.5) is 11.6 Å². The highest BCUT2D eigenvalue weighted by Gasteiger charge is 2.35. The van der Waals surface area contributed by atoms with Gasteiger partial charge in [-0.25, -0.2) is 9.97 Å². The lowest BCUT2D eigenvalue weighted by Gasteiger charge is -2.24. The maximum atomic E-state index is 13.5. The van der Waals surface area contributed by atoms with Gasteiger partial charge in [0.05, 0.1) is 17.8 Å². The molecule has 0 unspecified atom stereocenters. The van der Waals surface area contributed by atoms with Crippen molar-refractivity contribution in [1.82, 2.24) is 24.7 Å². The van der Waals surface area contributed by atoms with Crippen LogP contribution < -0.4 is 15.5 Å². The zero-order chi connectivity index (χ0) is 22.4. The van der Waals surface area contributed by atoms with Gasteiger partial charge in [0.25, 0.3) is 5.91 Å². The first-order valence-electron chi connectivity index (χ1n) is 11.2. The number of carbonyl (C=O) groups excluding carboxylic acids is 1. The number of pyridine rings is 2. The summed E-state index contributed by atoms with van der Waals surface area (Å²) in [6, 6.07) is 7.70. The fraction of sp³-hybridized carbons (Fsp3) is 0.435. The predicted octanol–water partition coefficient (Wildman–Crippen LogP) is 2.92. The van der Waals surface area contributed by atoms with E-state index in [9.17, 15) is 4.79 Å². The van der Waals surface area contributed by atoms with Gasteiger partial charge in [-0.2, -0.15) is 0 Å². The van der Waals surface area contributed by atoms with Crippen LogP contribution in [0.2, 0.25) is 0 Å². The molecule has 5 heterocycles. The minimum Gasteiger partial charge on any atom is -0.354 e. The Morgan fingerprint density at radius 1 is 1.25 bits per heavy atom. The Hall–Kier alpha value is -3.33. The van der Waals surface area contributed by atoms with Crippen molar-refractivity contribution in [3.05, 3.63) is 47.4 Å². The van der Waals surface area contributed by atoms with Crippen LogP contribution in [0.5, 0.6) is 0 Å². The van der Waals surface area contributed by atoms with Crippen LogP contribution in [0, 0.1) is 0 Å². The van der Waals surface area contributed by atoms with Crippen molar-refractivity contribution in [2.24, 2.45) is 5.73 Å². The average Bonchev–Trinajstić information content (AvgIpc) is 3.52. The summed E-state index contributed by atoms with van der Waals surface area (Å²) in [5, 5.41) is 8.19. The number of nitrogens with zero attached hydrogens (tertiary/aromatic N) is 7. The zero-order valence-corrected chi connectivity index (χ0v) is 18.7. The van der Waals surface area contributed by atoms with Crippen LogP contribution in [-0.2, 0) is 13.1 Å². The number of amides is 1. The third-order valence-corrected chi connectivity index (χ3v) is 6.41. The van der Waals surface area contributed by atoms with E-state index in [-0.39, 0.29) is 11.9 Å². The van der Waals surface area contributed by atoms with Crippen molar-refractivity contribution >= 4 is 17.5 Å². The van der Waals surface area contributed by atoms with E-state index in [1.54, 1.807) is 11.2 Å². The first-order valence-corrected chi connectivity index (χ1v) is 11.2. The van der Waals surface area contributed by atoms with Crippen LogP contribution in [0.1, 0.15) is 61.3 Å². The van der Waals surface area contributed by atoms with Gasteiger partial charge in [0.1, 0.15) is 23.7 Å². The molecule has 32 heavy (non-hydrogen) atoms. The van der Waals surface area contributed by atoms with Gasteiger partial charge in [-0.15, -0.1) is 10.2 Å². The topological polar surface area (TPSA) is 106 Å². The number of fused-ring (bicyclic) bond motifs is 1. The molecule has 9 heteroatoms. The summed E-state index contributed by atoms with van der Waals surface area (Å²) in [6.07, 6.45) is 3.94. The average molecular weight is 433 g/mol. The standard InChI is InChI=1S/C23H28N8O/c1-4-29-13-25-28-22(29)18-8-5-9-19(26-18)31-12-17-16(23(31)32)11-20(27-21(17)15(3)24)30-10-6-7-14(30)2/h5,8-9,11,13-15H,4,6-7,10,12,24H2,1-3H3/t14-,15+/m1/s1. The van der Waals surface area contributed by atoms with Gasteiger partial charge in [0.2, 0.25) is 0 Å². The molecule has 0 bridgehead atoms. The molecule has 0 aromatic carbocycles. The van der Waals surface area contributed by atoms with Gasteiger partial charge in [0.15, 0.2) is 5.82 Å². The number of anilines is 2. The summed E-state index contributed by atoms with van der Waals surface area (Å²) < 4.78 is 1.92. The van der Waals surface area contributed by atoms with E-state index in [0.717, 1.165) is 43.0 Å². The van der Waals surface area contributed by atoms with Gasteiger partial charge in [0, 0.05) is 30.7 Å². The molecule has 9 nitrogen and oxygen atoms in total. The van der Waals surface area contributed by atoms with Crippen LogP contribution in [-0.4, -0.2) is 43.2 Å². The fourth-order valence-electron chi connectivity index (χ4n) is 4.67. The van der Waals surface area contributed by atoms with Crippen LogP contribution in [0.3, 0.4) is 0 Å². The number of aromatic nitrogens is 5. The molecule has 0 saturated carbocycles. The second kappa shape index (κ2) is 7.98. The lowest BCUT2D eigenvalue weighted by molar-refractivity contribution is 0.0996. The first-order chi connectivity index (χ1) is 15.5. The molecule has 166 valence electrons. The Morgan fingerprint density at radius 3 is 2.81 bits per heavy atom. The molecule has 2 aliphatic heterocycles. The minimum absolute atomic E-state index is 0.0704. The SMILES string of the molecule is CCn1cnnc1-c1cccc(N2Cc3c(cc(N4CCC[C@H]4C)nc3[C@H](C)N)C2=O)n1. The summed E-state index contributed by atoms with van der Waals surface area (Å²) in [7, 11) is 0. The second-order valence-corrected chi connectivity index (χ2v) is 8.58. The predicted molar refractivity (Wildman–Crippen MR) is 122 cm³/mol. The summed E-state index contributed by atoms with van der Waals surface area (Å²) >= 11 is 0. The smallest absolute Gasteiger partial charge is 0.260 e. The Kier molecular flexibility index (Phi) is 5.13. The molecule has 3 aromatic heterocycles. The first kappa shape index (κ1) is 20.6. The molecule has 2 N–H and O–H groups in total. The molecule has 0 spiro atoms. The molecule has 1 amide bonds. The monoisotopic (exact) mass is 432 g/mol. The summed E-state index contributed by atoms with van der Waals surface area (Å²) in [4.78, 5) is 27.1. The number of carbonyl (C=O) groups is 1. The highest BCUT2D eigenvalue weighted by molar-refractivity contribution is 6.10. The number of hydrogen-bond donors (Lipinski definition) is 1. The molecule has 0 radical (unpaired) electrons. The third-order valence-electron chi connectivity index (χ3n) is 6.41. The molecule has 1 fully saturated rings. The third kappa shape index (κ3) is 3.33. The van der Waals surface area contributed by atoms with Crippen LogP contribution in [0.25, 0.3) is 11.5 Å². The molecule has 2 aliphatic rings. The second-order valence-electron chi connectivity index (χ2n) is 8.58. The largest absolute Gasteiger partial charge is 0.354 e. The van der Waals surface area contributed by atoms with Gasteiger partial charge >= 0.3 is 0 Å². The summed E-state index contributed by atoms with van der Waals surface area (Å²) in [5.74, 6) is 2.04. The lowest BCUT2D eigenvalue weighted by atomic mass is 10.0. The van der Waals surface area contributed by atoms with Gasteiger partial charge in [-0.05, 0) is 51.8 Å². The van der Waals surface area contributed by atoms with Crippen molar-refractivity contribution in [2.75, 3.05) is 16.3 Å². The molecule has 0 aliphatic carbocycles. The van der Waals surface area contributed by atoms with Gasteiger partial charge < -0.3 is 15.2 Å². The van der Waals surface area contributed by atoms with Crippen molar-refractivity contribution in [1.29, 1.82) is 0 Å². The van der Waals surface area contributed by atoms with Crippen molar-refractivity contribution in [3.8, 4) is 11.5 Å². The highest BCUT2D eigenvalue weighted by Crippen LogP contribution is 2.35. The van der Waals surface area contributed by atoms with Crippen molar-refractivity contribution < 1.29 is 4.79 Å². The quantitative estimate of drug-likeness (QED) is 0.661. The highest BCUT2D eigenvalue weighted by atomic mass is 16.2. The van der Waals surface area contributed by atoms with E-state index in [4.69, 9.17) is 15.7 Å². The Morgan fingerprint density at radius 2 is 2.09 bits per heavy atom. The Balaban J connectivity index is 1.53. The molecular formula is C23H28N8O. The molecule has 1 saturated heterocycles. The van der Waals surface area contributed by atoms with E-state index in [1.807, 2.05) is 42.7 Å². The summed E-state index contributed by atoms with van der Waals surface area (Å²) in [6.45, 7) is 8.24. The maximum Gasteiger partial charge on any atom is 0.260 e. The number of aryl methyl sites for hydroxylation is 1. The molecular weight excluding hydrogens is 404 g/mol. The van der Waals surface area contributed by atoms with Gasteiger partial charge in [-0.3, -0.25) is 9.69 Å². The molecule has 3 aromatic rings. The van der Waals surface area contributed by atoms with Gasteiger partial charge in [-0.1, -0.05) is 6.07 Å². The maximum absolute atomic E-state index is 13.5. The van der Waals surface area contributed by atoms with E-state index in [1.165, 1.54) is 0 Å². The normalized spacial score (nSPS) is 19.0. The van der Waals surface area contributed by atoms with Crippen LogP contribution in [0.15, 0.2) is 30.6 Å². The summed E-state index contributed by atoms with van der Waals surface area (Å²) in [5.41, 5.74) is 9.33. The fourth-order valence-corrected chi connectivity index (χ4v) is 4.67. The van der Waals surface area contributed by atoms with Crippen LogP contribution >= 0.6 is 0 Å². The number of nitrogens with two attached hydrogens (primary N) is 1. The van der Waals surface area contributed by atoms with E-state index < -0.39 is 0 Å². The van der Waals surface area contributed by atoms with E-state index in [0.29, 0.717) is 35.5 Å². The molecule has 5 rings (SSSR count). The number of hydrogen-bond acceptors (Lipinski definition) is 7. The van der Waals surface area contributed by atoms with Crippen molar-refractivity contribution in [2.45, 2.75) is 58.8 Å². The van der Waals surface area contributed by atoms with E-state index in [2.05, 4.69) is 22.0 Å². The molecule has 2 atom stereocenters. The Bertz CT molecular complexity index is 1170.